The average Bonchev–Trinajstić information content (AvgIpc) is 3.27. The van der Waals surface area contributed by atoms with Gasteiger partial charge in [-0.1, -0.05) is 66.7 Å². The summed E-state index contributed by atoms with van der Waals surface area (Å²) in [6, 6.07) is 41.7. The molecule has 0 unspecified atom stereocenters. The van der Waals surface area contributed by atoms with Crippen molar-refractivity contribution in [1.82, 2.24) is 4.98 Å². The molecule has 1 aromatic heterocycles. The molecule has 0 saturated carbocycles. The highest BCUT2D eigenvalue weighted by atomic mass is 14.9. The Balaban J connectivity index is 1.47. The van der Waals surface area contributed by atoms with Crippen LogP contribution >= 0.6 is 0 Å². The second kappa shape index (κ2) is 8.27. The predicted molar refractivity (Wildman–Crippen MR) is 141 cm³/mol. The number of aromatic amines is 1. The van der Waals surface area contributed by atoms with Gasteiger partial charge in [-0.15, -0.1) is 0 Å². The molecular weight excluding hydrogens is 414 g/mol. The number of nitrogens with zero attached hydrogens (tertiary/aromatic N) is 1. The molecular formula is C31H21N3. The van der Waals surface area contributed by atoms with Crippen molar-refractivity contribution in [2.75, 3.05) is 5.32 Å². The first kappa shape index (κ1) is 19.8. The Bertz CT molecular complexity index is 1690. The fraction of sp³-hybridized carbons (Fsp3) is 0. The summed E-state index contributed by atoms with van der Waals surface area (Å²) in [5.74, 6) is 0. The summed E-state index contributed by atoms with van der Waals surface area (Å²) >= 11 is 0. The largest absolute Gasteiger partial charge is 0.355 e. The molecule has 0 aliphatic heterocycles. The normalized spacial score (nSPS) is 10.9. The number of rotatable bonds is 4. The summed E-state index contributed by atoms with van der Waals surface area (Å²) in [4.78, 5) is 3.51. The molecule has 3 heteroatoms. The number of benzene rings is 5. The Hall–Kier alpha value is -4.81. The van der Waals surface area contributed by atoms with E-state index in [-0.39, 0.29) is 0 Å². The van der Waals surface area contributed by atoms with Crippen LogP contribution in [0.5, 0.6) is 0 Å². The molecule has 0 spiro atoms. The molecule has 6 aromatic rings. The van der Waals surface area contributed by atoms with Crippen LogP contribution < -0.4 is 5.32 Å². The minimum Gasteiger partial charge on any atom is -0.355 e. The van der Waals surface area contributed by atoms with Crippen molar-refractivity contribution in [2.24, 2.45) is 0 Å². The molecule has 0 saturated heterocycles. The molecule has 34 heavy (non-hydrogen) atoms. The monoisotopic (exact) mass is 435 g/mol. The van der Waals surface area contributed by atoms with Gasteiger partial charge in [0.05, 0.1) is 11.6 Å². The summed E-state index contributed by atoms with van der Waals surface area (Å²) in [6.07, 6.45) is 0. The zero-order valence-corrected chi connectivity index (χ0v) is 18.4. The Morgan fingerprint density at radius 3 is 2.24 bits per heavy atom. The first-order chi connectivity index (χ1) is 16.8. The second-order valence-electron chi connectivity index (χ2n) is 8.37. The number of hydrogen-bond acceptors (Lipinski definition) is 2. The lowest BCUT2D eigenvalue weighted by Crippen LogP contribution is -1.95. The van der Waals surface area contributed by atoms with Crippen molar-refractivity contribution in [1.29, 1.82) is 5.26 Å². The summed E-state index contributed by atoms with van der Waals surface area (Å²) in [5, 5.41) is 15.2. The molecule has 0 aliphatic carbocycles. The van der Waals surface area contributed by atoms with Gasteiger partial charge in [0.25, 0.3) is 0 Å². The third-order valence-corrected chi connectivity index (χ3v) is 6.21. The summed E-state index contributed by atoms with van der Waals surface area (Å²) < 4.78 is 0. The molecule has 0 radical (unpaired) electrons. The van der Waals surface area contributed by atoms with Crippen LogP contribution in [0.3, 0.4) is 0 Å². The first-order valence-electron chi connectivity index (χ1n) is 11.3. The lowest BCUT2D eigenvalue weighted by Gasteiger charge is -2.15. The van der Waals surface area contributed by atoms with Crippen molar-refractivity contribution in [2.45, 2.75) is 0 Å². The minimum atomic E-state index is 0.634. The molecule has 5 aromatic carbocycles. The number of para-hydroxylation sites is 1. The predicted octanol–water partition coefficient (Wildman–Crippen LogP) is 8.27. The third-order valence-electron chi connectivity index (χ3n) is 6.21. The first-order valence-corrected chi connectivity index (χ1v) is 11.3. The number of fused-ring (bicyclic) bond motifs is 3. The Kier molecular flexibility index (Phi) is 4.83. The van der Waals surface area contributed by atoms with Gasteiger partial charge >= 0.3 is 0 Å². The maximum atomic E-state index is 9.27. The van der Waals surface area contributed by atoms with E-state index < -0.39 is 0 Å². The van der Waals surface area contributed by atoms with Crippen molar-refractivity contribution in [3.8, 4) is 28.3 Å². The molecule has 0 aliphatic rings. The van der Waals surface area contributed by atoms with Gasteiger partial charge in [0.15, 0.2) is 0 Å². The highest BCUT2D eigenvalue weighted by Gasteiger charge is 2.11. The SMILES string of the molecule is N#Cc1cccc(Nc2ccc(-c3ccc4[nH]c5ccccc5c4c3)cc2-c2ccccc2)c1. The van der Waals surface area contributed by atoms with Gasteiger partial charge in [-0.25, -0.2) is 0 Å². The van der Waals surface area contributed by atoms with Gasteiger partial charge in [0.1, 0.15) is 0 Å². The smallest absolute Gasteiger partial charge is 0.0992 e. The lowest BCUT2D eigenvalue weighted by molar-refractivity contribution is 1.47. The van der Waals surface area contributed by atoms with Crippen molar-refractivity contribution >= 4 is 33.2 Å². The molecule has 0 fully saturated rings. The van der Waals surface area contributed by atoms with E-state index >= 15 is 0 Å². The van der Waals surface area contributed by atoms with E-state index in [9.17, 15) is 5.26 Å². The molecule has 3 nitrogen and oxygen atoms in total. The molecule has 0 atom stereocenters. The van der Waals surface area contributed by atoms with Crippen LogP contribution in [0.2, 0.25) is 0 Å². The Morgan fingerprint density at radius 1 is 0.588 bits per heavy atom. The van der Waals surface area contributed by atoms with E-state index in [2.05, 4.69) is 101 Å². The van der Waals surface area contributed by atoms with Crippen LogP contribution in [0.1, 0.15) is 5.56 Å². The zero-order valence-electron chi connectivity index (χ0n) is 18.4. The number of H-pyrrole nitrogens is 1. The highest BCUT2D eigenvalue weighted by Crippen LogP contribution is 2.36. The van der Waals surface area contributed by atoms with Crippen LogP contribution in [-0.2, 0) is 0 Å². The van der Waals surface area contributed by atoms with Crippen molar-refractivity contribution < 1.29 is 0 Å². The van der Waals surface area contributed by atoms with Crippen LogP contribution in [0.15, 0.2) is 115 Å². The van der Waals surface area contributed by atoms with Crippen molar-refractivity contribution in [3.05, 3.63) is 121 Å². The van der Waals surface area contributed by atoms with Gasteiger partial charge in [0.2, 0.25) is 0 Å². The van der Waals surface area contributed by atoms with E-state index in [1.165, 1.54) is 16.3 Å². The lowest BCUT2D eigenvalue weighted by atomic mass is 9.96. The van der Waals surface area contributed by atoms with Gasteiger partial charge in [-0.2, -0.15) is 5.26 Å². The Labute approximate surface area is 197 Å². The van der Waals surface area contributed by atoms with Gasteiger partial charge in [0, 0.05) is 38.7 Å². The van der Waals surface area contributed by atoms with E-state index in [1.807, 2.05) is 30.3 Å². The molecule has 1 heterocycles. The van der Waals surface area contributed by atoms with E-state index in [0.29, 0.717) is 5.56 Å². The van der Waals surface area contributed by atoms with E-state index in [4.69, 9.17) is 0 Å². The number of anilines is 2. The summed E-state index contributed by atoms with van der Waals surface area (Å²) in [5.41, 5.74) is 9.39. The fourth-order valence-electron chi connectivity index (χ4n) is 4.54. The highest BCUT2D eigenvalue weighted by molar-refractivity contribution is 6.08. The Morgan fingerprint density at radius 2 is 1.35 bits per heavy atom. The topological polar surface area (TPSA) is 51.6 Å². The molecule has 0 bridgehead atoms. The minimum absolute atomic E-state index is 0.634. The average molecular weight is 436 g/mol. The number of aromatic nitrogens is 1. The summed E-state index contributed by atoms with van der Waals surface area (Å²) in [7, 11) is 0. The maximum absolute atomic E-state index is 9.27. The summed E-state index contributed by atoms with van der Waals surface area (Å²) in [6.45, 7) is 0. The third kappa shape index (κ3) is 3.58. The quantitative estimate of drug-likeness (QED) is 0.293. The fourth-order valence-corrected chi connectivity index (χ4v) is 4.54. The molecule has 2 N–H and O–H groups in total. The van der Waals surface area contributed by atoms with E-state index in [0.717, 1.165) is 39.1 Å². The number of hydrogen-bond donors (Lipinski definition) is 2. The van der Waals surface area contributed by atoms with Gasteiger partial charge < -0.3 is 10.3 Å². The second-order valence-corrected chi connectivity index (χ2v) is 8.37. The molecule has 160 valence electrons. The maximum Gasteiger partial charge on any atom is 0.0992 e. The van der Waals surface area contributed by atoms with Crippen LogP contribution in [0.25, 0.3) is 44.1 Å². The number of nitriles is 1. The van der Waals surface area contributed by atoms with Crippen LogP contribution in [-0.4, -0.2) is 4.98 Å². The number of nitrogens with one attached hydrogen (secondary N) is 2. The van der Waals surface area contributed by atoms with Crippen molar-refractivity contribution in [3.63, 3.8) is 0 Å². The van der Waals surface area contributed by atoms with Gasteiger partial charge in [-0.3, -0.25) is 0 Å². The zero-order chi connectivity index (χ0) is 22.9. The van der Waals surface area contributed by atoms with E-state index in [1.54, 1.807) is 0 Å². The molecule has 0 amide bonds. The molecule has 6 rings (SSSR count). The standard InChI is InChI=1S/C31H21N3/c32-20-21-7-6-10-25(17-21)33-30-15-13-23(18-27(30)22-8-2-1-3-9-22)24-14-16-31-28(19-24)26-11-4-5-12-29(26)34-31/h1-19,33-34H. The van der Waals surface area contributed by atoms with Crippen LogP contribution in [0, 0.1) is 11.3 Å². The van der Waals surface area contributed by atoms with Crippen LogP contribution in [0.4, 0.5) is 11.4 Å². The van der Waals surface area contributed by atoms with Gasteiger partial charge in [-0.05, 0) is 65.2 Å².